The third-order valence-corrected chi connectivity index (χ3v) is 10.8. The van der Waals surface area contributed by atoms with Gasteiger partial charge in [-0.05, 0) is 99.3 Å². The van der Waals surface area contributed by atoms with Crippen LogP contribution in [-0.4, -0.2) is 66.5 Å². The van der Waals surface area contributed by atoms with Gasteiger partial charge in [-0.2, -0.15) is 0 Å². The number of hydrogen-bond acceptors (Lipinski definition) is 9. The number of aromatic amines is 2. The van der Waals surface area contributed by atoms with Crippen LogP contribution in [0.4, 0.5) is 5.69 Å². The van der Waals surface area contributed by atoms with Gasteiger partial charge in [0, 0.05) is 52.2 Å². The monoisotopic (exact) mass is 798 g/mol. The molecule has 0 aliphatic carbocycles. The van der Waals surface area contributed by atoms with E-state index in [4.69, 9.17) is 11.6 Å². The Balaban J connectivity index is 0.000000168. The van der Waals surface area contributed by atoms with E-state index in [0.717, 1.165) is 56.2 Å². The van der Waals surface area contributed by atoms with Crippen molar-refractivity contribution in [3.63, 3.8) is 0 Å². The molecule has 7 aromatic heterocycles. The Morgan fingerprint density at radius 2 is 1.04 bits per heavy atom. The number of aryl methyl sites for hydroxylation is 12. The van der Waals surface area contributed by atoms with Crippen molar-refractivity contribution in [1.82, 2.24) is 53.6 Å². The van der Waals surface area contributed by atoms with Crippen LogP contribution in [0.3, 0.4) is 0 Å². The molecule has 0 fully saturated rings. The Labute approximate surface area is 337 Å². The fraction of sp³-hybridized carbons (Fsp3) is 0.439. The van der Waals surface area contributed by atoms with Crippen LogP contribution in [0.5, 0.6) is 0 Å². The molecule has 0 aliphatic rings. The predicted molar refractivity (Wildman–Crippen MR) is 229 cm³/mol. The van der Waals surface area contributed by atoms with Crippen LogP contribution < -0.4 is 16.0 Å². The summed E-state index contributed by atoms with van der Waals surface area (Å²) in [6.45, 7) is 25.0. The average Bonchev–Trinajstić information content (AvgIpc) is 3.59. The molecule has 7 aromatic rings. The molecule has 57 heavy (non-hydrogen) atoms. The van der Waals surface area contributed by atoms with Gasteiger partial charge >= 0.3 is 0 Å². The maximum absolute atomic E-state index is 11.7. The van der Waals surface area contributed by atoms with Gasteiger partial charge in [0.1, 0.15) is 40.0 Å². The molecule has 0 spiro atoms. The number of nitrogens with zero attached hydrogens (tertiary/aromatic N) is 10. The highest BCUT2D eigenvalue weighted by atomic mass is 35.5. The number of rotatable bonds is 2. The first-order valence-corrected chi connectivity index (χ1v) is 19.0. The molecule has 304 valence electrons. The number of H-pyrrole nitrogens is 2. The van der Waals surface area contributed by atoms with E-state index in [1.54, 1.807) is 20.9 Å². The summed E-state index contributed by atoms with van der Waals surface area (Å²) in [5, 5.41) is 0.534. The van der Waals surface area contributed by atoms with Gasteiger partial charge in [0.15, 0.2) is 5.15 Å². The first-order valence-electron chi connectivity index (χ1n) is 18.6. The Hall–Kier alpha value is -5.70. The molecular weight excluding hydrogens is 744 g/mol. The summed E-state index contributed by atoms with van der Waals surface area (Å²) in [5.41, 5.74) is 14.4. The topological polar surface area (TPSA) is 178 Å². The lowest BCUT2D eigenvalue weighted by molar-refractivity contribution is -0.116. The molecule has 0 aromatic carbocycles. The van der Waals surface area contributed by atoms with E-state index in [1.807, 2.05) is 64.8 Å². The van der Waals surface area contributed by atoms with Crippen LogP contribution in [0.25, 0.3) is 33.1 Å². The molecule has 0 aliphatic heterocycles. The number of carbonyl (C=O) groups is 1. The molecule has 0 unspecified atom stereocenters. The largest absolute Gasteiger partial charge is 0.345 e. The number of amides is 1. The molecular formula is C41H55ClN12O3. The zero-order chi connectivity index (χ0) is 43.0. The smallest absolute Gasteiger partial charge is 0.275 e. The summed E-state index contributed by atoms with van der Waals surface area (Å²) in [4.78, 5) is 67.1. The number of aromatic nitrogens is 11. The number of hydrogen-bond donors (Lipinski definition) is 2. The number of fused-ring (bicyclic) bond motifs is 3. The Morgan fingerprint density at radius 1 is 0.614 bits per heavy atom. The van der Waals surface area contributed by atoms with Crippen LogP contribution in [0.15, 0.2) is 9.59 Å². The standard InChI is InChI=1S/C11H15N3.C10H12ClN3.C10H15N3O2.C10H13N3O/c1-6-8(3)14(5)11-7(2)12-9(4)13-10(6)11;1-5-6(2)14(4)9-8(5)12-7(3)13-10(9)11;1-5-8-9(13(4)7(3)14)10(15)12-6(2)11-8;1-5-6(2)13(4)9-8(5)11-7(3)12-10(9)14/h1-5H3;1-4H3;5H2,1-4H3,(H,11,12,15);1-4H3,(H,11,12,14). The van der Waals surface area contributed by atoms with E-state index in [9.17, 15) is 14.4 Å². The molecule has 0 saturated heterocycles. The molecule has 1 amide bonds. The van der Waals surface area contributed by atoms with Crippen molar-refractivity contribution < 1.29 is 4.79 Å². The van der Waals surface area contributed by atoms with E-state index in [0.29, 0.717) is 40.1 Å². The van der Waals surface area contributed by atoms with Crippen molar-refractivity contribution in [1.29, 1.82) is 0 Å². The summed E-state index contributed by atoms with van der Waals surface area (Å²) in [5.74, 6) is 2.62. The first kappa shape index (κ1) is 44.0. The van der Waals surface area contributed by atoms with Gasteiger partial charge in [-0.3, -0.25) is 14.4 Å². The molecule has 0 bridgehead atoms. The summed E-state index contributed by atoms with van der Waals surface area (Å²) < 4.78 is 6.09. The molecule has 7 heterocycles. The zero-order valence-corrected chi connectivity index (χ0v) is 37.0. The van der Waals surface area contributed by atoms with Crippen molar-refractivity contribution >= 4 is 56.3 Å². The van der Waals surface area contributed by atoms with E-state index in [2.05, 4.69) is 79.2 Å². The molecule has 2 N–H and O–H groups in total. The van der Waals surface area contributed by atoms with Gasteiger partial charge in [-0.25, -0.2) is 29.9 Å². The van der Waals surface area contributed by atoms with E-state index >= 15 is 0 Å². The molecule has 0 saturated carbocycles. The highest BCUT2D eigenvalue weighted by Crippen LogP contribution is 2.27. The Morgan fingerprint density at radius 3 is 1.54 bits per heavy atom. The first-order chi connectivity index (χ1) is 26.5. The van der Waals surface area contributed by atoms with E-state index in [1.165, 1.54) is 34.3 Å². The Kier molecular flexibility index (Phi) is 13.3. The molecule has 0 atom stereocenters. The van der Waals surface area contributed by atoms with Crippen molar-refractivity contribution in [2.24, 2.45) is 21.1 Å². The maximum Gasteiger partial charge on any atom is 0.275 e. The fourth-order valence-electron chi connectivity index (χ4n) is 6.77. The number of nitrogens with one attached hydrogen (secondary N) is 2. The third kappa shape index (κ3) is 8.68. The normalized spacial score (nSPS) is 10.9. The summed E-state index contributed by atoms with van der Waals surface area (Å²) in [7, 11) is 7.51. The molecule has 16 heteroatoms. The second-order valence-corrected chi connectivity index (χ2v) is 14.7. The van der Waals surface area contributed by atoms with E-state index < -0.39 is 0 Å². The highest BCUT2D eigenvalue weighted by Gasteiger charge is 2.17. The van der Waals surface area contributed by atoms with Crippen molar-refractivity contribution in [2.45, 2.75) is 96.4 Å². The highest BCUT2D eigenvalue weighted by molar-refractivity contribution is 6.33. The van der Waals surface area contributed by atoms with E-state index in [-0.39, 0.29) is 17.0 Å². The fourth-order valence-corrected chi connectivity index (χ4v) is 7.11. The second-order valence-electron chi connectivity index (χ2n) is 14.3. The van der Waals surface area contributed by atoms with Gasteiger partial charge in [-0.1, -0.05) is 18.5 Å². The average molecular weight is 799 g/mol. The number of carbonyl (C=O) groups excluding carboxylic acids is 1. The lowest BCUT2D eigenvalue weighted by atomic mass is 10.2. The second kappa shape index (κ2) is 17.2. The molecule has 0 radical (unpaired) electrons. The van der Waals surface area contributed by atoms with Crippen LogP contribution in [-0.2, 0) is 32.4 Å². The summed E-state index contributed by atoms with van der Waals surface area (Å²) in [6.07, 6.45) is 0.623. The third-order valence-electron chi connectivity index (χ3n) is 10.6. The van der Waals surface area contributed by atoms with Crippen molar-refractivity contribution in [2.75, 3.05) is 11.9 Å². The lowest BCUT2D eigenvalue weighted by Crippen LogP contribution is -2.31. The Bertz CT molecular complexity index is 2690. The van der Waals surface area contributed by atoms with Gasteiger partial charge in [0.05, 0.1) is 33.5 Å². The molecule has 7 rings (SSSR count). The van der Waals surface area contributed by atoms with Gasteiger partial charge < -0.3 is 28.6 Å². The minimum Gasteiger partial charge on any atom is -0.345 e. The quantitative estimate of drug-likeness (QED) is 0.183. The SMILES string of the molecule is CCc1nc(C)[nH]c(=O)c1N(C)C(C)=O.Cc1nc(C)c2c(n1)c(C)c(C)n2C.Cc1nc(Cl)c2c(n1)c(C)c(C)n2C.Cc1nc2c(C)c(C)n(C)c2c(=O)[nH]1. The van der Waals surface area contributed by atoms with Crippen molar-refractivity contribution in [3.8, 4) is 0 Å². The lowest BCUT2D eigenvalue weighted by Gasteiger charge is -2.16. The minimum absolute atomic E-state index is 0.0637. The minimum atomic E-state index is -0.267. The zero-order valence-electron chi connectivity index (χ0n) is 36.3. The summed E-state index contributed by atoms with van der Waals surface area (Å²) in [6, 6.07) is 0. The van der Waals surface area contributed by atoms with Crippen LogP contribution >= 0.6 is 11.6 Å². The van der Waals surface area contributed by atoms with Crippen molar-refractivity contribution in [3.05, 3.63) is 94.3 Å². The van der Waals surface area contributed by atoms with Gasteiger partial charge in [0.25, 0.3) is 11.1 Å². The van der Waals surface area contributed by atoms with Gasteiger partial charge in [0.2, 0.25) is 5.91 Å². The predicted octanol–water partition coefficient (Wildman–Crippen LogP) is 6.56. The molecule has 15 nitrogen and oxygen atoms in total. The maximum atomic E-state index is 11.7. The van der Waals surface area contributed by atoms with Crippen LogP contribution in [0.2, 0.25) is 5.15 Å². The van der Waals surface area contributed by atoms with Crippen LogP contribution in [0.1, 0.15) is 82.3 Å². The number of halogens is 1. The number of anilines is 1. The van der Waals surface area contributed by atoms with Gasteiger partial charge in [-0.15, -0.1) is 0 Å². The summed E-state index contributed by atoms with van der Waals surface area (Å²) >= 11 is 6.08. The van der Waals surface area contributed by atoms with Crippen LogP contribution in [0, 0.1) is 76.2 Å².